The van der Waals surface area contributed by atoms with Crippen LogP contribution in [0.15, 0.2) is 16.9 Å². The molecule has 0 saturated carbocycles. The number of nitrogen functional groups attached to an aromatic ring is 1. The second-order valence-electron chi connectivity index (χ2n) is 4.50. The molecular weight excluding hydrogens is 246 g/mol. The van der Waals surface area contributed by atoms with E-state index in [2.05, 4.69) is 15.2 Å². The molecular formula is C12H19N5O2. The van der Waals surface area contributed by atoms with E-state index >= 15 is 0 Å². The summed E-state index contributed by atoms with van der Waals surface area (Å²) in [6.07, 6.45) is 4.06. The standard InChI is InChI=1S/C12H19N5O2/c1-4-12(3,18-5-2)11-15-10(19-16-11)8-17-7-9(13)6-14-17/h6-7H,4-5,8,13H2,1-3H3. The molecule has 2 aromatic heterocycles. The molecule has 1 unspecified atom stereocenters. The van der Waals surface area contributed by atoms with E-state index in [4.69, 9.17) is 15.0 Å². The minimum atomic E-state index is -0.514. The van der Waals surface area contributed by atoms with E-state index < -0.39 is 5.60 Å². The molecule has 2 aromatic rings. The van der Waals surface area contributed by atoms with E-state index in [-0.39, 0.29) is 0 Å². The van der Waals surface area contributed by atoms with Gasteiger partial charge in [0.05, 0.1) is 11.9 Å². The fourth-order valence-corrected chi connectivity index (χ4v) is 1.78. The summed E-state index contributed by atoms with van der Waals surface area (Å²) in [4.78, 5) is 4.37. The number of nitrogens with zero attached hydrogens (tertiary/aromatic N) is 4. The van der Waals surface area contributed by atoms with Crippen molar-refractivity contribution in [1.29, 1.82) is 0 Å². The van der Waals surface area contributed by atoms with Crippen LogP contribution in [0.2, 0.25) is 0 Å². The Bertz CT molecular complexity index is 536. The van der Waals surface area contributed by atoms with E-state index in [1.807, 2.05) is 20.8 Å². The van der Waals surface area contributed by atoms with Crippen LogP contribution in [0.3, 0.4) is 0 Å². The Morgan fingerprint density at radius 3 is 2.84 bits per heavy atom. The summed E-state index contributed by atoms with van der Waals surface area (Å²) in [5, 5.41) is 8.07. The number of rotatable bonds is 6. The molecule has 2 N–H and O–H groups in total. The van der Waals surface area contributed by atoms with Gasteiger partial charge in [0.15, 0.2) is 0 Å². The summed E-state index contributed by atoms with van der Waals surface area (Å²) in [5.41, 5.74) is 5.69. The lowest BCUT2D eigenvalue weighted by molar-refractivity contribution is -0.0403. The molecule has 0 amide bonds. The van der Waals surface area contributed by atoms with Crippen LogP contribution in [0, 0.1) is 0 Å². The number of hydrogen-bond acceptors (Lipinski definition) is 6. The lowest BCUT2D eigenvalue weighted by Gasteiger charge is -2.23. The predicted octanol–water partition coefficient (Wildman–Crippen LogP) is 1.56. The van der Waals surface area contributed by atoms with Crippen LogP contribution in [0.4, 0.5) is 5.69 Å². The zero-order chi connectivity index (χ0) is 13.9. The molecule has 0 aromatic carbocycles. The Hall–Kier alpha value is -1.89. The Labute approximate surface area is 111 Å². The van der Waals surface area contributed by atoms with Gasteiger partial charge in [-0.25, -0.2) is 0 Å². The van der Waals surface area contributed by atoms with E-state index in [1.165, 1.54) is 0 Å². The quantitative estimate of drug-likeness (QED) is 0.852. The highest BCUT2D eigenvalue weighted by Gasteiger charge is 2.30. The first kappa shape index (κ1) is 13.5. The summed E-state index contributed by atoms with van der Waals surface area (Å²) in [6, 6.07) is 0. The predicted molar refractivity (Wildman–Crippen MR) is 69.3 cm³/mol. The van der Waals surface area contributed by atoms with E-state index in [0.717, 1.165) is 6.42 Å². The highest BCUT2D eigenvalue weighted by molar-refractivity contribution is 5.30. The van der Waals surface area contributed by atoms with Crippen molar-refractivity contribution in [2.24, 2.45) is 0 Å². The second kappa shape index (κ2) is 5.40. The summed E-state index contributed by atoms with van der Waals surface area (Å²) >= 11 is 0. The smallest absolute Gasteiger partial charge is 0.248 e. The Kier molecular flexibility index (Phi) is 3.84. The third-order valence-corrected chi connectivity index (χ3v) is 3.03. The van der Waals surface area contributed by atoms with Gasteiger partial charge in [-0.1, -0.05) is 12.1 Å². The average Bonchev–Trinajstić information content (AvgIpc) is 3.00. The maximum atomic E-state index is 5.70. The van der Waals surface area contributed by atoms with Crippen LogP contribution in [-0.2, 0) is 16.9 Å². The van der Waals surface area contributed by atoms with Gasteiger partial charge in [-0.05, 0) is 20.3 Å². The molecule has 2 rings (SSSR count). The van der Waals surface area contributed by atoms with Crippen molar-refractivity contribution < 1.29 is 9.26 Å². The first-order valence-corrected chi connectivity index (χ1v) is 6.32. The average molecular weight is 265 g/mol. The molecule has 0 aliphatic rings. The van der Waals surface area contributed by atoms with Gasteiger partial charge < -0.3 is 15.0 Å². The van der Waals surface area contributed by atoms with E-state index in [1.54, 1.807) is 17.1 Å². The van der Waals surface area contributed by atoms with Crippen molar-refractivity contribution in [3.8, 4) is 0 Å². The molecule has 0 aliphatic heterocycles. The Balaban J connectivity index is 2.14. The first-order valence-electron chi connectivity index (χ1n) is 6.32. The van der Waals surface area contributed by atoms with Crippen molar-refractivity contribution in [2.75, 3.05) is 12.3 Å². The summed E-state index contributed by atoms with van der Waals surface area (Å²) in [6.45, 7) is 6.93. The molecule has 1 atom stereocenters. The van der Waals surface area contributed by atoms with Gasteiger partial charge in [0, 0.05) is 12.8 Å². The SMILES string of the molecule is CCOC(C)(CC)c1noc(Cn2cc(N)cn2)n1. The second-order valence-corrected chi connectivity index (χ2v) is 4.50. The van der Waals surface area contributed by atoms with Crippen molar-refractivity contribution >= 4 is 5.69 Å². The lowest BCUT2D eigenvalue weighted by Crippen LogP contribution is -2.26. The minimum Gasteiger partial charge on any atom is -0.396 e. The van der Waals surface area contributed by atoms with Crippen LogP contribution in [0.25, 0.3) is 0 Å². The fraction of sp³-hybridized carbons (Fsp3) is 0.583. The summed E-state index contributed by atoms with van der Waals surface area (Å²) in [5.74, 6) is 1.05. The van der Waals surface area contributed by atoms with Crippen LogP contribution >= 0.6 is 0 Å². The van der Waals surface area contributed by atoms with Gasteiger partial charge in [-0.15, -0.1) is 0 Å². The molecule has 7 nitrogen and oxygen atoms in total. The molecule has 19 heavy (non-hydrogen) atoms. The third kappa shape index (κ3) is 2.93. The number of nitrogens with two attached hydrogens (primary N) is 1. The van der Waals surface area contributed by atoms with Gasteiger partial charge in [0.25, 0.3) is 0 Å². The first-order chi connectivity index (χ1) is 9.07. The molecule has 7 heteroatoms. The molecule has 104 valence electrons. The fourth-order valence-electron chi connectivity index (χ4n) is 1.78. The van der Waals surface area contributed by atoms with Crippen LogP contribution < -0.4 is 5.73 Å². The topological polar surface area (TPSA) is 92.0 Å². The number of hydrogen-bond donors (Lipinski definition) is 1. The third-order valence-electron chi connectivity index (χ3n) is 3.03. The monoisotopic (exact) mass is 265 g/mol. The van der Waals surface area contributed by atoms with Gasteiger partial charge in [0.1, 0.15) is 12.1 Å². The molecule has 0 bridgehead atoms. The van der Waals surface area contributed by atoms with E-state index in [9.17, 15) is 0 Å². The molecule has 0 radical (unpaired) electrons. The summed E-state index contributed by atoms with van der Waals surface area (Å²) in [7, 11) is 0. The maximum Gasteiger partial charge on any atom is 0.248 e. The van der Waals surface area contributed by atoms with Crippen molar-refractivity contribution in [1.82, 2.24) is 19.9 Å². The normalized spacial score (nSPS) is 14.5. The molecule has 0 fully saturated rings. The van der Waals surface area contributed by atoms with Crippen molar-refractivity contribution in [3.63, 3.8) is 0 Å². The maximum absolute atomic E-state index is 5.70. The van der Waals surface area contributed by atoms with Crippen LogP contribution in [0.1, 0.15) is 38.9 Å². The van der Waals surface area contributed by atoms with Crippen molar-refractivity contribution in [3.05, 3.63) is 24.1 Å². The van der Waals surface area contributed by atoms with Crippen LogP contribution in [-0.4, -0.2) is 26.5 Å². The summed E-state index contributed by atoms with van der Waals surface area (Å²) < 4.78 is 12.6. The minimum absolute atomic E-state index is 0.399. The lowest BCUT2D eigenvalue weighted by atomic mass is 10.0. The molecule has 0 spiro atoms. The Morgan fingerprint density at radius 1 is 1.47 bits per heavy atom. The number of anilines is 1. The largest absolute Gasteiger partial charge is 0.396 e. The van der Waals surface area contributed by atoms with Gasteiger partial charge >= 0.3 is 0 Å². The number of aromatic nitrogens is 4. The van der Waals surface area contributed by atoms with E-state index in [0.29, 0.717) is 30.6 Å². The highest BCUT2D eigenvalue weighted by atomic mass is 16.5. The zero-order valence-corrected chi connectivity index (χ0v) is 11.5. The van der Waals surface area contributed by atoms with Gasteiger partial charge in [-0.3, -0.25) is 4.68 Å². The van der Waals surface area contributed by atoms with Crippen LogP contribution in [0.5, 0.6) is 0 Å². The highest BCUT2D eigenvalue weighted by Crippen LogP contribution is 2.26. The van der Waals surface area contributed by atoms with Crippen molar-refractivity contribution in [2.45, 2.75) is 39.3 Å². The Morgan fingerprint density at radius 2 is 2.26 bits per heavy atom. The van der Waals surface area contributed by atoms with Gasteiger partial charge in [0.2, 0.25) is 11.7 Å². The zero-order valence-electron chi connectivity index (χ0n) is 11.5. The molecule has 0 aliphatic carbocycles. The number of ether oxygens (including phenoxy) is 1. The molecule has 2 heterocycles. The molecule has 0 saturated heterocycles. The van der Waals surface area contributed by atoms with Gasteiger partial charge in [-0.2, -0.15) is 10.1 Å².